The molecule has 116 heavy (non-hydrogen) atoms. The van der Waals surface area contributed by atoms with Crippen molar-refractivity contribution in [3.8, 4) is 33.4 Å². The summed E-state index contributed by atoms with van der Waals surface area (Å²) in [7, 11) is 0. The summed E-state index contributed by atoms with van der Waals surface area (Å²) in [5, 5.41) is 24.5. The predicted molar refractivity (Wildman–Crippen MR) is 478 cm³/mol. The average Bonchev–Trinajstić information content (AvgIpc) is 1.51. The van der Waals surface area contributed by atoms with Gasteiger partial charge in [-0.2, -0.15) is 0 Å². The van der Waals surface area contributed by atoms with Crippen LogP contribution in [0.15, 0.2) is 353 Å². The van der Waals surface area contributed by atoms with Gasteiger partial charge in [-0.15, -0.1) is 0 Å². The highest BCUT2D eigenvalue weighted by atomic mass is 16.3. The molecule has 0 aliphatic heterocycles. The smallest absolute Gasteiger partial charge is 0.165 e. The van der Waals surface area contributed by atoms with E-state index >= 15 is 0 Å². The molecule has 17 aromatic carbocycles. The highest BCUT2D eigenvalue weighted by Gasteiger charge is 2.29. The van der Waals surface area contributed by atoms with Crippen LogP contribution < -0.4 is 0 Å². The van der Waals surface area contributed by atoms with E-state index in [4.69, 9.17) is 38.2 Å². The summed E-state index contributed by atoms with van der Waals surface area (Å²) >= 11 is 0. The average molecular weight is 1480 g/mol. The van der Waals surface area contributed by atoms with Gasteiger partial charge in [-0.3, -0.25) is 13.2 Å². The van der Waals surface area contributed by atoms with Crippen molar-refractivity contribution in [2.45, 2.75) is 0 Å². The van der Waals surface area contributed by atoms with Crippen LogP contribution in [0.2, 0.25) is 0 Å². The van der Waals surface area contributed by atoms with Crippen LogP contribution in [-0.2, 0) is 0 Å². The third-order valence-corrected chi connectivity index (χ3v) is 24.7. The molecule has 0 bridgehead atoms. The van der Waals surface area contributed by atoms with Crippen LogP contribution in [0.3, 0.4) is 0 Å². The van der Waals surface area contributed by atoms with E-state index in [-0.39, 0.29) is 0 Å². The number of rotatable bonds is 3. The highest BCUT2D eigenvalue weighted by molar-refractivity contribution is 6.34. The maximum atomic E-state index is 6.59. The zero-order valence-corrected chi connectivity index (χ0v) is 61.6. The first-order valence-corrected chi connectivity index (χ1v) is 39.3. The maximum absolute atomic E-state index is 6.59. The molecule has 0 amide bonds. The SMILES string of the molecule is c1ccc(-c2ccc3oc4c(ccc5c4c4cccc6c7nc8ccccc8nc7n5c64)c3c2)cc1.c1ccc2cc(-c3cc4c5nc6ccccc6nc5n5c6ccc7c8ccccc8oc7c6c(c3)c45)ccc2c1.c1ccc2nc3c(cc2c1)c1cc(-c2cccc4ccccc24)cc2c4c5oc6ccccc6c5ccc4n3c12. The Labute approximate surface area is 655 Å². The molecule has 0 radical (unpaired) electrons. The monoisotopic (exact) mass is 1480 g/mol. The third kappa shape index (κ3) is 8.50. The lowest BCUT2D eigenvalue weighted by Crippen LogP contribution is -1.88. The van der Waals surface area contributed by atoms with E-state index in [2.05, 4.69) is 280 Å². The number of fused-ring (bicyclic) bond motifs is 35. The van der Waals surface area contributed by atoms with Crippen molar-refractivity contribution in [3.63, 3.8) is 0 Å². The standard InChI is InChI=1S/C37H20N2O.C36H19N3O.C32H17N3O/c1-3-11-24-21(8-1)10-7-13-25(24)23-19-28-29-18-22-9-2-5-14-31(22)38-37(29)39-32-17-16-27-26-12-4-6-15-33(26)40-36(27)34(32)30(20-23)35(28)39;1-2-8-21-17-22(14-13-20(21)7-1)23-18-26-32-30(16-15-25-24-9-3-6-12-31(24)40-35(25)32)39-34(26)27(19-23)33-36(39)38-29-11-5-4-10-28(29)37-33;1-2-7-18(8-3-1)19-13-16-27-23(17-19)20-14-15-26-28(31(20)36-27)21-9-6-10-22-29-32(35(26)30(21)22)34-25-12-5-4-11-24(25)33-29/h1-20H;1-19H;1-17H. The van der Waals surface area contributed by atoms with Crippen molar-refractivity contribution in [1.82, 2.24) is 38.1 Å². The molecule has 0 aliphatic carbocycles. The van der Waals surface area contributed by atoms with Crippen molar-refractivity contribution in [2.75, 3.05) is 0 Å². The molecule has 11 nitrogen and oxygen atoms in total. The minimum Gasteiger partial charge on any atom is -0.455 e. The van der Waals surface area contributed by atoms with Gasteiger partial charge in [0.1, 0.15) is 50.2 Å². The Balaban J connectivity index is 0.0000000933. The number of hydrogen-bond acceptors (Lipinski definition) is 8. The minimum absolute atomic E-state index is 0.875. The Bertz CT molecular complexity index is 9320. The number of hydrogen-bond donors (Lipinski definition) is 0. The first kappa shape index (κ1) is 61.9. The number of pyridine rings is 1. The lowest BCUT2D eigenvalue weighted by molar-refractivity contribution is 0.672. The van der Waals surface area contributed by atoms with E-state index in [1.165, 1.54) is 76.4 Å². The number of furan rings is 3. The van der Waals surface area contributed by atoms with Gasteiger partial charge in [0.25, 0.3) is 0 Å². The Hall–Kier alpha value is -15.9. The molecule has 0 saturated heterocycles. The molecule has 12 aromatic heterocycles. The molecule has 29 aromatic rings. The fourth-order valence-corrected chi connectivity index (χ4v) is 19.6. The van der Waals surface area contributed by atoms with Gasteiger partial charge < -0.3 is 13.3 Å². The van der Waals surface area contributed by atoms with E-state index < -0.39 is 0 Å². The highest BCUT2D eigenvalue weighted by Crippen LogP contribution is 2.50. The molecule has 0 saturated carbocycles. The molecule has 534 valence electrons. The van der Waals surface area contributed by atoms with E-state index in [0.29, 0.717) is 0 Å². The van der Waals surface area contributed by atoms with Gasteiger partial charge in [-0.25, -0.2) is 24.9 Å². The van der Waals surface area contributed by atoms with Crippen molar-refractivity contribution < 1.29 is 13.3 Å². The second kappa shape index (κ2) is 22.9. The van der Waals surface area contributed by atoms with E-state index in [1.54, 1.807) is 0 Å². The topological polar surface area (TPSA) is 117 Å². The van der Waals surface area contributed by atoms with Gasteiger partial charge in [0.2, 0.25) is 0 Å². The molecule has 0 aliphatic rings. The number of nitrogens with zero attached hydrogens (tertiary/aromatic N) is 8. The normalized spacial score (nSPS) is 12.5. The van der Waals surface area contributed by atoms with Crippen molar-refractivity contribution >= 4 is 235 Å². The largest absolute Gasteiger partial charge is 0.455 e. The molecule has 0 spiro atoms. The molecular formula is C105H56N8O3. The fraction of sp³-hybridized carbons (Fsp3) is 0. The number of benzene rings is 17. The van der Waals surface area contributed by atoms with Crippen LogP contribution in [-0.4, -0.2) is 38.1 Å². The molecular weight excluding hydrogens is 1420 g/mol. The predicted octanol–water partition coefficient (Wildman–Crippen LogP) is 28.0. The lowest BCUT2D eigenvalue weighted by Gasteiger charge is -2.08. The van der Waals surface area contributed by atoms with Gasteiger partial charge in [-0.1, -0.05) is 212 Å². The summed E-state index contributed by atoms with van der Waals surface area (Å²) in [6.07, 6.45) is 0. The summed E-state index contributed by atoms with van der Waals surface area (Å²) in [5.74, 6) is 0. The summed E-state index contributed by atoms with van der Waals surface area (Å²) in [4.78, 5) is 25.6. The second-order valence-corrected chi connectivity index (χ2v) is 30.8. The second-order valence-electron chi connectivity index (χ2n) is 30.8. The first-order chi connectivity index (χ1) is 57.5. The number of aromatic nitrogens is 8. The summed E-state index contributed by atoms with van der Waals surface area (Å²) in [6, 6.07) is 120. The lowest BCUT2D eigenvalue weighted by atomic mass is 9.95. The van der Waals surface area contributed by atoms with E-state index in [9.17, 15) is 0 Å². The van der Waals surface area contributed by atoms with Crippen LogP contribution in [0, 0.1) is 0 Å². The third-order valence-electron chi connectivity index (χ3n) is 24.7. The van der Waals surface area contributed by atoms with E-state index in [1.807, 2.05) is 72.8 Å². The van der Waals surface area contributed by atoms with Gasteiger partial charge in [0, 0.05) is 75.4 Å². The van der Waals surface area contributed by atoms with Crippen LogP contribution in [0.5, 0.6) is 0 Å². The fourth-order valence-electron chi connectivity index (χ4n) is 19.6. The molecule has 0 atom stereocenters. The Morgan fingerprint density at radius 2 is 0.629 bits per heavy atom. The van der Waals surface area contributed by atoms with Crippen LogP contribution in [0.4, 0.5) is 0 Å². The summed E-state index contributed by atoms with van der Waals surface area (Å²) in [5.41, 5.74) is 28.7. The Morgan fingerprint density at radius 3 is 1.30 bits per heavy atom. The van der Waals surface area contributed by atoms with Gasteiger partial charge in [-0.05, 0) is 182 Å². The molecule has 12 heterocycles. The zero-order valence-electron chi connectivity index (χ0n) is 61.6. The van der Waals surface area contributed by atoms with Crippen molar-refractivity contribution in [3.05, 3.63) is 340 Å². The minimum atomic E-state index is 0.875. The van der Waals surface area contributed by atoms with Crippen LogP contribution in [0.25, 0.3) is 269 Å². The molecule has 0 N–H and O–H groups in total. The molecule has 11 heteroatoms. The van der Waals surface area contributed by atoms with Crippen LogP contribution in [0.1, 0.15) is 0 Å². The van der Waals surface area contributed by atoms with E-state index in [0.717, 1.165) is 192 Å². The van der Waals surface area contributed by atoms with Gasteiger partial charge >= 0.3 is 0 Å². The molecule has 0 fully saturated rings. The Kier molecular flexibility index (Phi) is 12.2. The molecule has 29 rings (SSSR count). The summed E-state index contributed by atoms with van der Waals surface area (Å²) in [6.45, 7) is 0. The van der Waals surface area contributed by atoms with Crippen molar-refractivity contribution in [1.29, 1.82) is 0 Å². The van der Waals surface area contributed by atoms with Crippen molar-refractivity contribution in [2.24, 2.45) is 0 Å². The van der Waals surface area contributed by atoms with Gasteiger partial charge in [0.15, 0.2) is 11.3 Å². The zero-order chi connectivity index (χ0) is 75.3. The Morgan fingerprint density at radius 1 is 0.198 bits per heavy atom. The quantitative estimate of drug-likeness (QED) is 0.172. The summed E-state index contributed by atoms with van der Waals surface area (Å²) < 4.78 is 26.6. The van der Waals surface area contributed by atoms with Gasteiger partial charge in [0.05, 0.1) is 76.8 Å². The molecule has 0 unspecified atom stereocenters. The number of para-hydroxylation sites is 8. The van der Waals surface area contributed by atoms with Crippen LogP contribution >= 0.6 is 0 Å². The maximum Gasteiger partial charge on any atom is 0.165 e. The first-order valence-electron chi connectivity index (χ1n) is 39.3.